The molecule has 0 aliphatic rings. The van der Waals surface area contributed by atoms with Crippen molar-refractivity contribution in [1.82, 2.24) is 0 Å². The first-order valence-electron chi connectivity index (χ1n) is 7.01. The molecular formula is C15H27N3. The molecule has 0 aliphatic heterocycles. The van der Waals surface area contributed by atoms with E-state index < -0.39 is 0 Å². The molecule has 0 saturated carbocycles. The van der Waals surface area contributed by atoms with Crippen molar-refractivity contribution >= 4 is 11.4 Å². The van der Waals surface area contributed by atoms with Gasteiger partial charge in [-0.3, -0.25) is 0 Å². The number of rotatable bonds is 8. The molecule has 0 amide bonds. The van der Waals surface area contributed by atoms with Crippen LogP contribution in [0.25, 0.3) is 0 Å². The zero-order chi connectivity index (χ0) is 13.4. The number of hydrogen-bond acceptors (Lipinski definition) is 3. The predicted octanol–water partition coefficient (Wildman–Crippen LogP) is 3.07. The lowest BCUT2D eigenvalue weighted by atomic mass is 10.2. The van der Waals surface area contributed by atoms with Gasteiger partial charge in [-0.15, -0.1) is 0 Å². The van der Waals surface area contributed by atoms with E-state index >= 15 is 0 Å². The highest BCUT2D eigenvalue weighted by atomic mass is 15.1. The van der Waals surface area contributed by atoms with Crippen molar-refractivity contribution in [2.45, 2.75) is 39.7 Å². The Morgan fingerprint density at radius 2 is 1.67 bits per heavy atom. The van der Waals surface area contributed by atoms with Crippen molar-refractivity contribution in [3.63, 3.8) is 0 Å². The Hall–Kier alpha value is -1.22. The zero-order valence-electron chi connectivity index (χ0n) is 11.9. The topological polar surface area (TPSA) is 41.3 Å². The lowest BCUT2D eigenvalue weighted by Crippen LogP contribution is -2.25. The van der Waals surface area contributed by atoms with Gasteiger partial charge in [0.05, 0.1) is 0 Å². The molecule has 0 spiro atoms. The molecule has 0 radical (unpaired) electrons. The molecule has 0 fully saturated rings. The molecule has 0 aromatic heterocycles. The average molecular weight is 249 g/mol. The Bertz CT molecular complexity index is 313. The van der Waals surface area contributed by atoms with Gasteiger partial charge in [-0.25, -0.2) is 0 Å². The molecule has 0 saturated heterocycles. The minimum absolute atomic E-state index is 0.182. The van der Waals surface area contributed by atoms with Gasteiger partial charge in [0.15, 0.2) is 0 Å². The first-order valence-corrected chi connectivity index (χ1v) is 7.01. The van der Waals surface area contributed by atoms with Crippen LogP contribution in [0.15, 0.2) is 24.3 Å². The van der Waals surface area contributed by atoms with E-state index in [1.807, 2.05) is 6.92 Å². The lowest BCUT2D eigenvalue weighted by molar-refractivity contribution is 0.745. The molecule has 0 bridgehead atoms. The molecule has 3 heteroatoms. The summed E-state index contributed by atoms with van der Waals surface area (Å²) in [6.45, 7) is 9.52. The number of nitrogens with two attached hydrogens (primary N) is 1. The summed E-state index contributed by atoms with van der Waals surface area (Å²) >= 11 is 0. The lowest BCUT2D eigenvalue weighted by Gasteiger charge is -2.24. The van der Waals surface area contributed by atoms with Crippen LogP contribution in [-0.4, -0.2) is 25.7 Å². The highest BCUT2D eigenvalue weighted by Crippen LogP contribution is 2.18. The zero-order valence-corrected chi connectivity index (χ0v) is 11.9. The van der Waals surface area contributed by atoms with Crippen molar-refractivity contribution in [3.8, 4) is 0 Å². The summed E-state index contributed by atoms with van der Waals surface area (Å²) in [4.78, 5) is 2.44. The number of nitrogens with one attached hydrogen (secondary N) is 1. The first-order chi connectivity index (χ1) is 8.67. The number of benzene rings is 1. The van der Waals surface area contributed by atoms with Crippen LogP contribution in [0.3, 0.4) is 0 Å². The quantitative estimate of drug-likeness (QED) is 0.744. The van der Waals surface area contributed by atoms with E-state index in [9.17, 15) is 0 Å². The van der Waals surface area contributed by atoms with Crippen LogP contribution in [0.5, 0.6) is 0 Å². The summed E-state index contributed by atoms with van der Waals surface area (Å²) in [5, 5.41) is 3.33. The maximum atomic E-state index is 5.73. The Kier molecular flexibility index (Phi) is 6.58. The Morgan fingerprint density at radius 1 is 1.11 bits per heavy atom. The fourth-order valence-corrected chi connectivity index (χ4v) is 1.98. The molecular weight excluding hydrogens is 222 g/mol. The second kappa shape index (κ2) is 7.98. The number of hydrogen-bond donors (Lipinski definition) is 2. The summed E-state index contributed by atoms with van der Waals surface area (Å²) < 4.78 is 0. The summed E-state index contributed by atoms with van der Waals surface area (Å²) in [7, 11) is 0. The third-order valence-corrected chi connectivity index (χ3v) is 2.85. The van der Waals surface area contributed by atoms with E-state index in [4.69, 9.17) is 5.73 Å². The minimum atomic E-state index is 0.182. The Labute approximate surface area is 111 Å². The largest absolute Gasteiger partial charge is 0.383 e. The van der Waals surface area contributed by atoms with Gasteiger partial charge in [0.2, 0.25) is 0 Å². The van der Waals surface area contributed by atoms with Gasteiger partial charge in [0.1, 0.15) is 0 Å². The summed E-state index contributed by atoms with van der Waals surface area (Å²) in [5.41, 5.74) is 8.18. The fraction of sp³-hybridized carbons (Fsp3) is 0.600. The average Bonchev–Trinajstić information content (AvgIpc) is 2.37. The smallest absolute Gasteiger partial charge is 0.0367 e. The minimum Gasteiger partial charge on any atom is -0.383 e. The maximum Gasteiger partial charge on any atom is 0.0367 e. The molecule has 3 N–H and O–H groups in total. The molecule has 0 aliphatic carbocycles. The van der Waals surface area contributed by atoms with E-state index in [-0.39, 0.29) is 6.04 Å². The Balaban J connectivity index is 2.61. The predicted molar refractivity (Wildman–Crippen MR) is 81.4 cm³/mol. The van der Waals surface area contributed by atoms with Gasteiger partial charge in [0.25, 0.3) is 0 Å². The van der Waals surface area contributed by atoms with Crippen molar-refractivity contribution in [1.29, 1.82) is 0 Å². The van der Waals surface area contributed by atoms with E-state index in [0.29, 0.717) is 0 Å². The van der Waals surface area contributed by atoms with Crippen LogP contribution in [0, 0.1) is 0 Å². The van der Waals surface area contributed by atoms with Gasteiger partial charge < -0.3 is 16.0 Å². The van der Waals surface area contributed by atoms with Gasteiger partial charge in [0, 0.05) is 37.1 Å². The molecule has 1 aromatic carbocycles. The second-order valence-corrected chi connectivity index (χ2v) is 4.89. The van der Waals surface area contributed by atoms with E-state index in [2.05, 4.69) is 48.3 Å². The van der Waals surface area contributed by atoms with Crippen LogP contribution in [0.1, 0.15) is 33.6 Å². The monoisotopic (exact) mass is 249 g/mol. The molecule has 0 heterocycles. The molecule has 1 rings (SSSR count). The SMILES string of the molecule is CCCN(CCC)c1ccc(NCC(C)N)cc1. The highest BCUT2D eigenvalue weighted by Gasteiger charge is 2.04. The van der Waals surface area contributed by atoms with Gasteiger partial charge >= 0.3 is 0 Å². The molecule has 18 heavy (non-hydrogen) atoms. The molecule has 1 unspecified atom stereocenters. The van der Waals surface area contributed by atoms with Crippen LogP contribution < -0.4 is 16.0 Å². The second-order valence-electron chi connectivity index (χ2n) is 4.89. The third-order valence-electron chi connectivity index (χ3n) is 2.85. The van der Waals surface area contributed by atoms with Crippen LogP contribution in [0.2, 0.25) is 0 Å². The van der Waals surface area contributed by atoms with Gasteiger partial charge in [-0.05, 0) is 44.0 Å². The van der Waals surface area contributed by atoms with Crippen molar-refractivity contribution < 1.29 is 0 Å². The standard InChI is InChI=1S/C15H27N3/c1-4-10-18(11-5-2)15-8-6-14(7-9-15)17-12-13(3)16/h6-9,13,17H,4-5,10-12,16H2,1-3H3. The van der Waals surface area contributed by atoms with Crippen molar-refractivity contribution in [2.24, 2.45) is 5.73 Å². The molecule has 102 valence electrons. The first kappa shape index (κ1) is 14.8. The van der Waals surface area contributed by atoms with E-state index in [0.717, 1.165) is 25.3 Å². The van der Waals surface area contributed by atoms with Crippen LogP contribution in [0.4, 0.5) is 11.4 Å². The number of anilines is 2. The third kappa shape index (κ3) is 4.96. The molecule has 3 nitrogen and oxygen atoms in total. The number of nitrogens with zero attached hydrogens (tertiary/aromatic N) is 1. The highest BCUT2D eigenvalue weighted by molar-refractivity contribution is 5.55. The molecule has 1 atom stereocenters. The van der Waals surface area contributed by atoms with Crippen LogP contribution in [-0.2, 0) is 0 Å². The van der Waals surface area contributed by atoms with Gasteiger partial charge in [-0.1, -0.05) is 13.8 Å². The van der Waals surface area contributed by atoms with Gasteiger partial charge in [-0.2, -0.15) is 0 Å². The summed E-state index contributed by atoms with van der Waals surface area (Å²) in [6.07, 6.45) is 2.37. The fourth-order valence-electron chi connectivity index (χ4n) is 1.98. The Morgan fingerprint density at radius 3 is 2.11 bits per heavy atom. The normalized spacial score (nSPS) is 12.2. The van der Waals surface area contributed by atoms with Crippen molar-refractivity contribution in [3.05, 3.63) is 24.3 Å². The van der Waals surface area contributed by atoms with E-state index in [1.54, 1.807) is 0 Å². The van der Waals surface area contributed by atoms with Crippen LogP contribution >= 0.6 is 0 Å². The molecule has 1 aromatic rings. The van der Waals surface area contributed by atoms with E-state index in [1.165, 1.54) is 18.5 Å². The summed E-state index contributed by atoms with van der Waals surface area (Å²) in [5.74, 6) is 0. The maximum absolute atomic E-state index is 5.73. The van der Waals surface area contributed by atoms with Crippen molar-refractivity contribution in [2.75, 3.05) is 29.9 Å². The summed E-state index contributed by atoms with van der Waals surface area (Å²) in [6, 6.07) is 8.83.